The molecule has 24 heavy (non-hydrogen) atoms. The summed E-state index contributed by atoms with van der Waals surface area (Å²) in [5.74, 6) is 1.71. The highest BCUT2D eigenvalue weighted by Crippen LogP contribution is 2.19. The Kier molecular flexibility index (Phi) is 5.85. The molecular weight excluding hydrogens is 306 g/mol. The second-order valence-corrected chi connectivity index (χ2v) is 6.99. The van der Waals surface area contributed by atoms with Crippen molar-refractivity contribution >= 4 is 17.7 Å². The zero-order chi connectivity index (χ0) is 17.7. The molecule has 1 aromatic rings. The van der Waals surface area contributed by atoms with Crippen LogP contribution in [0.5, 0.6) is 0 Å². The minimum Gasteiger partial charge on any atom is -0.444 e. The molecule has 1 aliphatic heterocycles. The van der Waals surface area contributed by atoms with Crippen molar-refractivity contribution in [3.63, 3.8) is 0 Å². The standard InChI is InChI=1S/C17H29N5O2/c1-6-21(7-2)15-10-14(18-12-19-15)20-13-8-9-22(11-13)16(23)24-17(3,4)5/h10,12-13H,6-9,11H2,1-5H3,(H,18,19,20). The topological polar surface area (TPSA) is 70.6 Å². The van der Waals surface area contributed by atoms with Gasteiger partial charge in [0.05, 0.1) is 0 Å². The number of anilines is 2. The van der Waals surface area contributed by atoms with E-state index >= 15 is 0 Å². The fourth-order valence-corrected chi connectivity index (χ4v) is 2.73. The maximum Gasteiger partial charge on any atom is 0.410 e. The molecule has 7 heteroatoms. The number of hydrogen-bond acceptors (Lipinski definition) is 6. The van der Waals surface area contributed by atoms with Gasteiger partial charge >= 0.3 is 6.09 Å². The van der Waals surface area contributed by atoms with Crippen LogP contribution in [0.15, 0.2) is 12.4 Å². The molecule has 1 unspecified atom stereocenters. The van der Waals surface area contributed by atoms with Crippen LogP contribution in [0.25, 0.3) is 0 Å². The van der Waals surface area contributed by atoms with E-state index in [9.17, 15) is 4.79 Å². The van der Waals surface area contributed by atoms with Gasteiger partial charge in [0.15, 0.2) is 0 Å². The molecule has 134 valence electrons. The van der Waals surface area contributed by atoms with E-state index in [0.29, 0.717) is 13.1 Å². The summed E-state index contributed by atoms with van der Waals surface area (Å²) in [6, 6.07) is 2.14. The van der Waals surface area contributed by atoms with Crippen LogP contribution in [-0.2, 0) is 4.74 Å². The zero-order valence-corrected chi connectivity index (χ0v) is 15.4. The molecule has 1 saturated heterocycles. The molecule has 1 aromatic heterocycles. The summed E-state index contributed by atoms with van der Waals surface area (Å²) >= 11 is 0. The molecule has 0 bridgehead atoms. The molecule has 1 atom stereocenters. The van der Waals surface area contributed by atoms with Crippen molar-refractivity contribution in [2.75, 3.05) is 36.4 Å². The molecule has 0 radical (unpaired) electrons. The van der Waals surface area contributed by atoms with Gasteiger partial charge in [-0.15, -0.1) is 0 Å². The Bertz CT molecular complexity index is 554. The minimum absolute atomic E-state index is 0.178. The lowest BCUT2D eigenvalue weighted by Crippen LogP contribution is -2.36. The van der Waals surface area contributed by atoms with E-state index in [4.69, 9.17) is 4.74 Å². The Morgan fingerprint density at radius 3 is 2.71 bits per heavy atom. The van der Waals surface area contributed by atoms with E-state index in [2.05, 4.69) is 34.0 Å². The fraction of sp³-hybridized carbons (Fsp3) is 0.706. The second-order valence-electron chi connectivity index (χ2n) is 6.99. The van der Waals surface area contributed by atoms with Crippen LogP contribution < -0.4 is 10.2 Å². The van der Waals surface area contributed by atoms with Crippen molar-refractivity contribution in [3.8, 4) is 0 Å². The van der Waals surface area contributed by atoms with Gasteiger partial charge in [0.1, 0.15) is 23.6 Å². The molecule has 1 amide bonds. The first-order valence-electron chi connectivity index (χ1n) is 8.63. The average molecular weight is 335 g/mol. The van der Waals surface area contributed by atoms with Gasteiger partial charge < -0.3 is 19.9 Å². The van der Waals surface area contributed by atoms with Gasteiger partial charge in [-0.05, 0) is 41.0 Å². The van der Waals surface area contributed by atoms with E-state index in [0.717, 1.165) is 31.1 Å². The van der Waals surface area contributed by atoms with Crippen molar-refractivity contribution in [1.29, 1.82) is 0 Å². The summed E-state index contributed by atoms with van der Waals surface area (Å²) in [6.45, 7) is 13.0. The lowest BCUT2D eigenvalue weighted by atomic mass is 10.2. The van der Waals surface area contributed by atoms with Crippen LogP contribution in [0, 0.1) is 0 Å². The number of nitrogens with one attached hydrogen (secondary N) is 1. The van der Waals surface area contributed by atoms with Gasteiger partial charge in [0, 0.05) is 38.3 Å². The van der Waals surface area contributed by atoms with Crippen LogP contribution in [0.4, 0.5) is 16.4 Å². The normalized spacial score (nSPS) is 17.7. The fourth-order valence-electron chi connectivity index (χ4n) is 2.73. The molecule has 2 rings (SSSR count). The van der Waals surface area contributed by atoms with Crippen molar-refractivity contribution in [3.05, 3.63) is 12.4 Å². The van der Waals surface area contributed by atoms with Crippen molar-refractivity contribution in [2.45, 2.75) is 52.7 Å². The van der Waals surface area contributed by atoms with E-state index in [-0.39, 0.29) is 12.1 Å². The first kappa shape index (κ1) is 18.3. The Labute approximate surface area is 144 Å². The number of likely N-dealkylation sites (tertiary alicyclic amines) is 1. The molecule has 1 aliphatic rings. The Hall–Kier alpha value is -2.05. The first-order valence-corrected chi connectivity index (χ1v) is 8.63. The molecule has 0 saturated carbocycles. The molecule has 0 aliphatic carbocycles. The number of rotatable bonds is 5. The van der Waals surface area contributed by atoms with E-state index in [1.807, 2.05) is 26.8 Å². The molecular formula is C17H29N5O2. The van der Waals surface area contributed by atoms with Gasteiger partial charge in [-0.3, -0.25) is 0 Å². The van der Waals surface area contributed by atoms with Crippen molar-refractivity contribution < 1.29 is 9.53 Å². The summed E-state index contributed by atoms with van der Waals surface area (Å²) in [6.07, 6.45) is 2.21. The molecule has 0 spiro atoms. The monoisotopic (exact) mass is 335 g/mol. The third-order valence-electron chi connectivity index (χ3n) is 3.93. The number of nitrogens with zero attached hydrogens (tertiary/aromatic N) is 4. The van der Waals surface area contributed by atoms with Crippen LogP contribution in [0.2, 0.25) is 0 Å². The highest BCUT2D eigenvalue weighted by Gasteiger charge is 2.29. The average Bonchev–Trinajstić information content (AvgIpc) is 2.96. The maximum atomic E-state index is 12.1. The Morgan fingerprint density at radius 1 is 1.38 bits per heavy atom. The number of hydrogen-bond donors (Lipinski definition) is 1. The van der Waals surface area contributed by atoms with E-state index in [1.54, 1.807) is 11.2 Å². The van der Waals surface area contributed by atoms with Crippen LogP contribution >= 0.6 is 0 Å². The quantitative estimate of drug-likeness (QED) is 0.892. The van der Waals surface area contributed by atoms with E-state index in [1.165, 1.54) is 0 Å². The summed E-state index contributed by atoms with van der Waals surface area (Å²) < 4.78 is 5.43. The molecule has 1 fully saturated rings. The third kappa shape index (κ3) is 4.97. The molecule has 2 heterocycles. The Balaban J connectivity index is 1.94. The minimum atomic E-state index is -0.464. The summed E-state index contributed by atoms with van der Waals surface area (Å²) in [4.78, 5) is 24.7. The van der Waals surface area contributed by atoms with Gasteiger partial charge in [-0.1, -0.05) is 0 Å². The predicted molar refractivity (Wildman–Crippen MR) is 95.4 cm³/mol. The van der Waals surface area contributed by atoms with Gasteiger partial charge in [0.25, 0.3) is 0 Å². The number of aromatic nitrogens is 2. The smallest absolute Gasteiger partial charge is 0.410 e. The van der Waals surface area contributed by atoms with Crippen molar-refractivity contribution in [1.82, 2.24) is 14.9 Å². The maximum absolute atomic E-state index is 12.1. The molecule has 0 aromatic carbocycles. The number of ether oxygens (including phenoxy) is 1. The largest absolute Gasteiger partial charge is 0.444 e. The number of carbonyl (C=O) groups excluding carboxylic acids is 1. The molecule has 7 nitrogen and oxygen atoms in total. The second kappa shape index (κ2) is 7.68. The van der Waals surface area contributed by atoms with Gasteiger partial charge in [-0.2, -0.15) is 0 Å². The number of carbonyl (C=O) groups is 1. The highest BCUT2D eigenvalue weighted by molar-refractivity contribution is 5.68. The van der Waals surface area contributed by atoms with Crippen molar-refractivity contribution in [2.24, 2.45) is 0 Å². The Morgan fingerprint density at radius 2 is 2.08 bits per heavy atom. The summed E-state index contributed by atoms with van der Waals surface area (Å²) in [5, 5.41) is 3.40. The van der Waals surface area contributed by atoms with Crippen LogP contribution in [0.1, 0.15) is 41.0 Å². The third-order valence-corrected chi connectivity index (χ3v) is 3.93. The zero-order valence-electron chi connectivity index (χ0n) is 15.4. The number of amides is 1. The van der Waals surface area contributed by atoms with Gasteiger partial charge in [-0.25, -0.2) is 14.8 Å². The summed E-state index contributed by atoms with van der Waals surface area (Å²) in [5.41, 5.74) is -0.464. The highest BCUT2D eigenvalue weighted by atomic mass is 16.6. The first-order chi connectivity index (χ1) is 11.3. The van der Waals surface area contributed by atoms with Crippen LogP contribution in [0.3, 0.4) is 0 Å². The lowest BCUT2D eigenvalue weighted by molar-refractivity contribution is 0.0293. The summed E-state index contributed by atoms with van der Waals surface area (Å²) in [7, 11) is 0. The predicted octanol–water partition coefficient (Wildman–Crippen LogP) is 2.74. The van der Waals surface area contributed by atoms with Gasteiger partial charge in [0.2, 0.25) is 0 Å². The van der Waals surface area contributed by atoms with Crippen LogP contribution in [-0.4, -0.2) is 58.8 Å². The molecule has 1 N–H and O–H groups in total. The SMILES string of the molecule is CCN(CC)c1cc(NC2CCN(C(=O)OC(C)(C)C)C2)ncn1. The lowest BCUT2D eigenvalue weighted by Gasteiger charge is -2.24. The van der Waals surface area contributed by atoms with E-state index < -0.39 is 5.60 Å².